The number of benzene rings is 2. The summed E-state index contributed by atoms with van der Waals surface area (Å²) >= 11 is 0. The minimum atomic E-state index is -2.29. The zero-order chi connectivity index (χ0) is 42.7. The number of aromatic amines is 1. The van der Waals surface area contributed by atoms with Crippen LogP contribution in [0.15, 0.2) is 48.6 Å². The van der Waals surface area contributed by atoms with Crippen LogP contribution in [0, 0.1) is 17.3 Å². The van der Waals surface area contributed by atoms with E-state index in [1.807, 2.05) is 37.1 Å². The van der Waals surface area contributed by atoms with E-state index in [9.17, 15) is 14.7 Å². The topological polar surface area (TPSA) is 160 Å². The van der Waals surface area contributed by atoms with Crippen LogP contribution in [0.1, 0.15) is 75.8 Å². The quantitative estimate of drug-likeness (QED) is 0.178. The van der Waals surface area contributed by atoms with Gasteiger partial charge in [-0.25, -0.2) is 4.79 Å². The molecule has 1 aliphatic carbocycles. The van der Waals surface area contributed by atoms with Crippen molar-refractivity contribution in [2.45, 2.75) is 100.0 Å². The number of nitrogens with zero attached hydrogens (tertiary/aromatic N) is 3. The van der Waals surface area contributed by atoms with Crippen LogP contribution in [0.25, 0.3) is 10.9 Å². The highest BCUT2D eigenvalue weighted by molar-refractivity contribution is 5.95. The average Bonchev–Trinajstić information content (AvgIpc) is 3.89. The number of carbonyl (C=O) groups is 3. The Morgan fingerprint density at radius 3 is 2.45 bits per heavy atom. The molecule has 4 N–H and O–H groups in total. The first-order valence-corrected chi connectivity index (χ1v) is 21.7. The van der Waals surface area contributed by atoms with Crippen LogP contribution < -0.4 is 15.4 Å². The highest BCUT2D eigenvalue weighted by Gasteiger charge is 2.80. The number of methoxy groups -OCH3 is 3. The third-order valence-corrected chi connectivity index (χ3v) is 16.1. The normalized spacial score (nSPS) is 36.6. The summed E-state index contributed by atoms with van der Waals surface area (Å²) in [4.78, 5) is 53.5. The maximum absolute atomic E-state index is 15.4. The van der Waals surface area contributed by atoms with Gasteiger partial charge in [-0.05, 0) is 73.7 Å². The second kappa shape index (κ2) is 14.1. The van der Waals surface area contributed by atoms with Gasteiger partial charge >= 0.3 is 17.9 Å². The maximum Gasteiger partial charge on any atom is 0.344 e. The predicted octanol–water partition coefficient (Wildman–Crippen LogP) is 4.20. The van der Waals surface area contributed by atoms with E-state index in [1.54, 1.807) is 7.11 Å². The molecule has 6 aliphatic rings. The molecule has 10 unspecified atom stereocenters. The summed E-state index contributed by atoms with van der Waals surface area (Å²) < 4.78 is 24.1. The molecule has 2 aromatic carbocycles. The molecule has 2 bridgehead atoms. The molecule has 0 amide bonds. The van der Waals surface area contributed by atoms with Gasteiger partial charge in [0.25, 0.3) is 0 Å². The molecule has 322 valence electrons. The molecule has 9 rings (SSSR count). The van der Waals surface area contributed by atoms with Crippen molar-refractivity contribution >= 4 is 34.5 Å². The van der Waals surface area contributed by atoms with Crippen molar-refractivity contribution in [3.63, 3.8) is 0 Å². The van der Waals surface area contributed by atoms with E-state index < -0.39 is 57.4 Å². The number of anilines is 1. The highest BCUT2D eigenvalue weighted by Crippen LogP contribution is 2.68. The molecule has 13 heteroatoms. The van der Waals surface area contributed by atoms with E-state index in [1.165, 1.54) is 21.1 Å². The van der Waals surface area contributed by atoms with Crippen LogP contribution in [0.5, 0.6) is 5.75 Å². The third kappa shape index (κ3) is 5.21. The van der Waals surface area contributed by atoms with Crippen molar-refractivity contribution in [1.29, 1.82) is 0 Å². The number of nitrogens with one attached hydrogen (secondary N) is 1. The van der Waals surface area contributed by atoms with Gasteiger partial charge in [-0.15, -0.1) is 0 Å². The summed E-state index contributed by atoms with van der Waals surface area (Å²) in [6, 6.07) is 11.1. The molecule has 3 fully saturated rings. The standard InChI is InChI=1S/C47H61N5O8/c1-9-43-16-12-18-52-20-17-45(38(43)52)32-21-33(36(57-6)22-35(32)50(5)39(45)47(56,42(55)59-8)40(43)60-28(4)53)46(41(54)58-7)24-29-23-44(48,27(2)3)26-51(25-29)19-15-31-30-13-10-11-14-34(30)49-37(31)46/h10-14,16,21-22,27,29,38-40,49,56H,9,15,17-20,23-26,48H2,1-8H3. The number of aliphatic hydroxyl groups is 1. The molecule has 1 saturated carbocycles. The molecule has 0 radical (unpaired) electrons. The van der Waals surface area contributed by atoms with Crippen molar-refractivity contribution in [1.82, 2.24) is 14.8 Å². The first kappa shape index (κ1) is 40.9. The Hall–Kier alpha value is -4.43. The number of para-hydroxylation sites is 1. The molecule has 2 saturated heterocycles. The summed E-state index contributed by atoms with van der Waals surface area (Å²) in [5, 5.41) is 14.4. The van der Waals surface area contributed by atoms with Gasteiger partial charge in [0.15, 0.2) is 6.10 Å². The lowest BCUT2D eigenvalue weighted by atomic mass is 9.47. The monoisotopic (exact) mass is 823 g/mol. The second-order valence-corrected chi connectivity index (χ2v) is 19.0. The number of H-pyrrole nitrogens is 1. The van der Waals surface area contributed by atoms with Crippen molar-refractivity contribution < 1.29 is 38.4 Å². The fourth-order valence-corrected chi connectivity index (χ4v) is 13.7. The van der Waals surface area contributed by atoms with Gasteiger partial charge in [0, 0.05) is 96.5 Å². The summed E-state index contributed by atoms with van der Waals surface area (Å²) in [6.07, 6.45) is 5.75. The predicted molar refractivity (Wildman–Crippen MR) is 227 cm³/mol. The molecule has 60 heavy (non-hydrogen) atoms. The molecule has 1 spiro atoms. The third-order valence-electron chi connectivity index (χ3n) is 16.1. The minimum absolute atomic E-state index is 0.0101. The van der Waals surface area contributed by atoms with Crippen LogP contribution >= 0.6 is 0 Å². The van der Waals surface area contributed by atoms with E-state index >= 15 is 4.79 Å². The number of hydrogen-bond donors (Lipinski definition) is 3. The Labute approximate surface area is 352 Å². The number of likely N-dealkylation sites (N-methyl/N-ethyl adjacent to an activating group) is 1. The first-order valence-electron chi connectivity index (χ1n) is 21.7. The highest BCUT2D eigenvalue weighted by atomic mass is 16.6. The largest absolute Gasteiger partial charge is 0.496 e. The van der Waals surface area contributed by atoms with Crippen LogP contribution in [-0.2, 0) is 45.8 Å². The van der Waals surface area contributed by atoms with Crippen molar-refractivity contribution in [2.75, 3.05) is 66.0 Å². The minimum Gasteiger partial charge on any atom is -0.496 e. The molecule has 10 atom stereocenters. The Bertz CT molecular complexity index is 2290. The van der Waals surface area contributed by atoms with Gasteiger partial charge < -0.3 is 44.6 Å². The van der Waals surface area contributed by atoms with Crippen molar-refractivity contribution in [3.05, 3.63) is 70.9 Å². The Kier molecular flexibility index (Phi) is 9.59. The Morgan fingerprint density at radius 1 is 1.02 bits per heavy atom. The number of hydrogen-bond acceptors (Lipinski definition) is 12. The number of esters is 3. The van der Waals surface area contributed by atoms with E-state index in [-0.39, 0.29) is 17.9 Å². The zero-order valence-electron chi connectivity index (χ0n) is 36.3. The molecular weight excluding hydrogens is 763 g/mol. The number of ether oxygens (including phenoxy) is 4. The van der Waals surface area contributed by atoms with E-state index in [2.05, 4.69) is 59.0 Å². The summed E-state index contributed by atoms with van der Waals surface area (Å²) in [5.74, 6) is -1.16. The fraction of sp³-hybridized carbons (Fsp3) is 0.596. The van der Waals surface area contributed by atoms with Gasteiger partial charge in [0.05, 0.1) is 27.4 Å². The zero-order valence-corrected chi connectivity index (χ0v) is 36.3. The molecule has 1 aromatic heterocycles. The molecule has 5 aliphatic heterocycles. The fourth-order valence-electron chi connectivity index (χ4n) is 13.7. The molecule has 6 heterocycles. The molecule has 3 aromatic rings. The summed E-state index contributed by atoms with van der Waals surface area (Å²) in [7, 11) is 6.23. The number of fused-ring (bicyclic) bond motifs is 6. The van der Waals surface area contributed by atoms with E-state index in [0.717, 1.165) is 59.5 Å². The van der Waals surface area contributed by atoms with Crippen molar-refractivity contribution in [2.24, 2.45) is 23.0 Å². The van der Waals surface area contributed by atoms with Gasteiger partial charge in [0.1, 0.15) is 11.2 Å². The van der Waals surface area contributed by atoms with E-state index in [4.69, 9.17) is 24.7 Å². The Morgan fingerprint density at radius 2 is 1.77 bits per heavy atom. The van der Waals surface area contributed by atoms with Crippen LogP contribution in [0.2, 0.25) is 0 Å². The SMILES string of the molecule is CCC12C=CCN3CCC4(c5cc(C6(C(=O)OC)CC7CN(CCc8c6[nH]c6ccccc86)CC(N)(C(C)C)C7)c(OC)cc5N(C)C4C(O)(C(=O)OC)C1OC(C)=O)C32. The maximum atomic E-state index is 15.4. The number of piperidine rings is 1. The van der Waals surface area contributed by atoms with Gasteiger partial charge in [-0.2, -0.15) is 0 Å². The number of nitrogens with two attached hydrogens (primary N) is 1. The number of carbonyl (C=O) groups excluding carboxylic acids is 3. The average molecular weight is 824 g/mol. The summed E-state index contributed by atoms with van der Waals surface area (Å²) in [5.41, 5.74) is 6.42. The lowest BCUT2D eigenvalue weighted by Gasteiger charge is -2.63. The van der Waals surface area contributed by atoms with Crippen LogP contribution in [-0.4, -0.2) is 128 Å². The molecular formula is C47H61N5O8. The second-order valence-electron chi connectivity index (χ2n) is 19.0. The Balaban J connectivity index is 1.36. The van der Waals surface area contributed by atoms with Gasteiger partial charge in [-0.3, -0.25) is 14.5 Å². The van der Waals surface area contributed by atoms with Gasteiger partial charge in [0.2, 0.25) is 5.60 Å². The van der Waals surface area contributed by atoms with Gasteiger partial charge in [-0.1, -0.05) is 51.1 Å². The molecule has 13 nitrogen and oxygen atoms in total. The number of aromatic nitrogens is 1. The first-order chi connectivity index (χ1) is 28.6. The van der Waals surface area contributed by atoms with Crippen molar-refractivity contribution in [3.8, 4) is 5.75 Å². The van der Waals surface area contributed by atoms with Crippen LogP contribution in [0.4, 0.5) is 5.69 Å². The summed E-state index contributed by atoms with van der Waals surface area (Å²) in [6.45, 7) is 11.4. The van der Waals surface area contributed by atoms with E-state index in [0.29, 0.717) is 50.1 Å². The van der Waals surface area contributed by atoms with Crippen LogP contribution in [0.3, 0.4) is 0 Å². The smallest absolute Gasteiger partial charge is 0.344 e. The lowest BCUT2D eigenvalue weighted by molar-refractivity contribution is -0.228. The number of rotatable bonds is 7. The lowest BCUT2D eigenvalue weighted by Crippen LogP contribution is -2.81.